The van der Waals surface area contributed by atoms with Gasteiger partial charge in [0.2, 0.25) is 0 Å². The molecule has 0 aromatic carbocycles. The molecule has 1 heteroatoms. The lowest BCUT2D eigenvalue weighted by Crippen LogP contribution is -2.49. The van der Waals surface area contributed by atoms with Crippen LogP contribution in [0.1, 0.15) is 176 Å². The predicted molar refractivity (Wildman–Crippen MR) is 139 cm³/mol. The maximum absolute atomic E-state index is 6.65. The van der Waals surface area contributed by atoms with Crippen molar-refractivity contribution in [3.63, 3.8) is 0 Å². The number of hydrogen-bond donors (Lipinski definition) is 1. The van der Waals surface area contributed by atoms with Gasteiger partial charge >= 0.3 is 0 Å². The molecular formula is C29H61N. The Hall–Kier alpha value is -0.0400. The van der Waals surface area contributed by atoms with E-state index in [1.807, 2.05) is 0 Å². The largest absolute Gasteiger partial charge is 0.325 e. The average molecular weight is 424 g/mol. The number of rotatable bonds is 23. The van der Waals surface area contributed by atoms with Gasteiger partial charge in [-0.15, -0.1) is 0 Å². The molecule has 0 aliphatic heterocycles. The van der Waals surface area contributed by atoms with Crippen LogP contribution in [0.2, 0.25) is 0 Å². The Labute approximate surface area is 192 Å². The predicted octanol–water partition coefficient (Wildman–Crippen LogP) is 10.4. The Morgan fingerprint density at radius 1 is 0.400 bits per heavy atom. The van der Waals surface area contributed by atoms with Crippen molar-refractivity contribution >= 4 is 0 Å². The van der Waals surface area contributed by atoms with E-state index in [-0.39, 0.29) is 5.54 Å². The van der Waals surface area contributed by atoms with Crippen LogP contribution in [0, 0.1) is 5.41 Å². The highest BCUT2D eigenvalue weighted by Crippen LogP contribution is 2.40. The zero-order valence-corrected chi connectivity index (χ0v) is 22.1. The van der Waals surface area contributed by atoms with Gasteiger partial charge in [0.15, 0.2) is 0 Å². The molecule has 0 saturated carbocycles. The van der Waals surface area contributed by atoms with Gasteiger partial charge in [-0.3, -0.25) is 0 Å². The fourth-order valence-corrected chi connectivity index (χ4v) is 4.77. The van der Waals surface area contributed by atoms with Crippen LogP contribution in [-0.2, 0) is 0 Å². The lowest BCUT2D eigenvalue weighted by molar-refractivity contribution is 0.135. The van der Waals surface area contributed by atoms with Crippen molar-refractivity contribution < 1.29 is 0 Å². The molecule has 0 bridgehead atoms. The van der Waals surface area contributed by atoms with Gasteiger partial charge in [0.05, 0.1) is 0 Å². The van der Waals surface area contributed by atoms with Crippen molar-refractivity contribution in [2.24, 2.45) is 11.1 Å². The molecule has 2 N–H and O–H groups in total. The van der Waals surface area contributed by atoms with Crippen molar-refractivity contribution in [1.29, 1.82) is 0 Å². The van der Waals surface area contributed by atoms with Crippen LogP contribution in [0.25, 0.3) is 0 Å². The minimum Gasteiger partial charge on any atom is -0.325 e. The van der Waals surface area contributed by atoms with Crippen LogP contribution >= 0.6 is 0 Å². The quantitative estimate of drug-likeness (QED) is 0.162. The Bertz CT molecular complexity index is 317. The van der Waals surface area contributed by atoms with E-state index in [2.05, 4.69) is 34.6 Å². The summed E-state index contributed by atoms with van der Waals surface area (Å²) in [6, 6.07) is 0. The summed E-state index contributed by atoms with van der Waals surface area (Å²) in [5.74, 6) is 0. The van der Waals surface area contributed by atoms with Crippen LogP contribution in [-0.4, -0.2) is 5.54 Å². The van der Waals surface area contributed by atoms with E-state index >= 15 is 0 Å². The molecule has 0 radical (unpaired) electrons. The highest BCUT2D eigenvalue weighted by Gasteiger charge is 2.36. The second-order valence-corrected chi connectivity index (χ2v) is 11.1. The Morgan fingerprint density at radius 2 is 0.633 bits per heavy atom. The Balaban J connectivity index is 3.81. The van der Waals surface area contributed by atoms with Gasteiger partial charge in [-0.1, -0.05) is 149 Å². The topological polar surface area (TPSA) is 26.0 Å². The van der Waals surface area contributed by atoms with E-state index in [1.165, 1.54) is 141 Å². The third-order valence-electron chi connectivity index (χ3n) is 7.72. The lowest BCUT2D eigenvalue weighted by Gasteiger charge is -2.42. The first-order chi connectivity index (χ1) is 14.4. The van der Waals surface area contributed by atoms with Crippen molar-refractivity contribution in [3.05, 3.63) is 0 Å². The van der Waals surface area contributed by atoms with Gasteiger partial charge in [0.1, 0.15) is 0 Å². The van der Waals surface area contributed by atoms with Gasteiger partial charge in [-0.2, -0.15) is 0 Å². The Kier molecular flexibility index (Phi) is 19.6. The third kappa shape index (κ3) is 16.6. The summed E-state index contributed by atoms with van der Waals surface area (Å²) < 4.78 is 0. The van der Waals surface area contributed by atoms with E-state index in [9.17, 15) is 0 Å². The molecule has 0 heterocycles. The first-order valence-corrected chi connectivity index (χ1v) is 14.2. The minimum absolute atomic E-state index is 0.0639. The molecule has 0 atom stereocenters. The normalized spacial score (nSPS) is 12.6. The van der Waals surface area contributed by atoms with E-state index < -0.39 is 0 Å². The number of nitrogens with two attached hydrogens (primary N) is 1. The summed E-state index contributed by atoms with van der Waals surface area (Å²) >= 11 is 0. The van der Waals surface area contributed by atoms with Crippen molar-refractivity contribution in [1.82, 2.24) is 0 Å². The standard InChI is InChI=1S/C29H61N/c1-6-8-10-12-14-16-18-20-22-24-26-29(5,28(3,4)30)27-25-23-21-19-17-15-13-11-9-7-2/h6-27,30H2,1-5H3. The molecule has 0 spiro atoms. The molecular weight excluding hydrogens is 362 g/mol. The zero-order chi connectivity index (χ0) is 22.6. The van der Waals surface area contributed by atoms with Gasteiger partial charge in [-0.25, -0.2) is 0 Å². The Morgan fingerprint density at radius 3 is 0.867 bits per heavy atom. The molecule has 1 nitrogen and oxygen atoms in total. The summed E-state index contributed by atoms with van der Waals surface area (Å²) in [7, 11) is 0. The molecule has 0 saturated heterocycles. The monoisotopic (exact) mass is 423 g/mol. The molecule has 0 aromatic heterocycles. The van der Waals surface area contributed by atoms with Crippen LogP contribution in [0.4, 0.5) is 0 Å². The van der Waals surface area contributed by atoms with Crippen LogP contribution in [0.5, 0.6) is 0 Å². The first-order valence-electron chi connectivity index (χ1n) is 14.2. The summed E-state index contributed by atoms with van der Waals surface area (Å²) in [4.78, 5) is 0. The van der Waals surface area contributed by atoms with E-state index in [0.29, 0.717) is 5.41 Å². The lowest BCUT2D eigenvalue weighted by atomic mass is 9.67. The molecule has 0 rings (SSSR count). The molecule has 0 amide bonds. The molecule has 0 aliphatic carbocycles. The first kappa shape index (κ1) is 30.0. The summed E-state index contributed by atoms with van der Waals surface area (Å²) in [5.41, 5.74) is 6.89. The second kappa shape index (κ2) is 19.6. The van der Waals surface area contributed by atoms with Crippen molar-refractivity contribution in [2.75, 3.05) is 0 Å². The third-order valence-corrected chi connectivity index (χ3v) is 7.72. The zero-order valence-electron chi connectivity index (χ0n) is 22.1. The number of unbranched alkanes of at least 4 members (excludes halogenated alkanes) is 18. The SMILES string of the molecule is CCCCCCCCCCCCC(C)(CCCCCCCCCCCC)C(C)(C)N. The molecule has 0 unspecified atom stereocenters. The number of hydrogen-bond acceptors (Lipinski definition) is 1. The fraction of sp³-hybridized carbons (Fsp3) is 1.00. The van der Waals surface area contributed by atoms with Gasteiger partial charge in [0, 0.05) is 5.54 Å². The van der Waals surface area contributed by atoms with E-state index in [1.54, 1.807) is 0 Å². The van der Waals surface area contributed by atoms with E-state index in [0.717, 1.165) is 0 Å². The minimum atomic E-state index is -0.0639. The van der Waals surface area contributed by atoms with Gasteiger partial charge in [-0.05, 0) is 32.1 Å². The molecule has 182 valence electrons. The fourth-order valence-electron chi connectivity index (χ4n) is 4.77. The summed E-state index contributed by atoms with van der Waals surface area (Å²) in [6.45, 7) is 11.6. The van der Waals surface area contributed by atoms with Crippen molar-refractivity contribution in [3.8, 4) is 0 Å². The molecule has 0 fully saturated rings. The summed E-state index contributed by atoms with van der Waals surface area (Å²) in [6.07, 6.45) is 31.0. The maximum atomic E-state index is 6.65. The molecule has 0 aromatic rings. The smallest absolute Gasteiger partial charge is 0.0151 e. The van der Waals surface area contributed by atoms with E-state index in [4.69, 9.17) is 5.73 Å². The maximum Gasteiger partial charge on any atom is 0.0151 e. The highest BCUT2D eigenvalue weighted by atomic mass is 14.8. The second-order valence-electron chi connectivity index (χ2n) is 11.1. The van der Waals surface area contributed by atoms with Crippen LogP contribution in [0.15, 0.2) is 0 Å². The molecule has 0 aliphatic rings. The van der Waals surface area contributed by atoms with Gasteiger partial charge in [0.25, 0.3) is 0 Å². The van der Waals surface area contributed by atoms with Crippen LogP contribution in [0.3, 0.4) is 0 Å². The summed E-state index contributed by atoms with van der Waals surface area (Å²) in [5, 5.41) is 0. The molecule has 30 heavy (non-hydrogen) atoms. The highest BCUT2D eigenvalue weighted by molar-refractivity contribution is 4.93. The van der Waals surface area contributed by atoms with Gasteiger partial charge < -0.3 is 5.73 Å². The van der Waals surface area contributed by atoms with Crippen molar-refractivity contribution in [2.45, 2.75) is 181 Å². The average Bonchev–Trinajstić information content (AvgIpc) is 2.70. The van der Waals surface area contributed by atoms with Crippen LogP contribution < -0.4 is 5.73 Å².